The van der Waals surface area contributed by atoms with E-state index in [1.54, 1.807) is 12.1 Å². The summed E-state index contributed by atoms with van der Waals surface area (Å²) < 4.78 is 0.902. The number of hydrogen-bond donors (Lipinski definition) is 1. The molecule has 5 heteroatoms. The lowest BCUT2D eigenvalue weighted by Crippen LogP contribution is -2.48. The van der Waals surface area contributed by atoms with Gasteiger partial charge < -0.3 is 5.32 Å². The van der Waals surface area contributed by atoms with Crippen LogP contribution in [-0.4, -0.2) is 22.1 Å². The molecule has 0 aliphatic carbocycles. The summed E-state index contributed by atoms with van der Waals surface area (Å²) in [5, 5.41) is 4.38. The standard InChI is InChI=1S/C11H12Br3NO/c1-11(6-12,7-13)15-10(16)8-3-2-4-9(14)5-8/h2-5H,6-7H2,1H3,(H,15,16). The molecule has 0 aliphatic rings. The fraction of sp³-hybridized carbons (Fsp3) is 0.364. The van der Waals surface area contributed by atoms with Gasteiger partial charge in [0, 0.05) is 20.7 Å². The van der Waals surface area contributed by atoms with E-state index in [9.17, 15) is 4.79 Å². The topological polar surface area (TPSA) is 29.1 Å². The maximum absolute atomic E-state index is 12.0. The van der Waals surface area contributed by atoms with Gasteiger partial charge >= 0.3 is 0 Å². The molecule has 0 saturated carbocycles. The molecule has 1 N–H and O–H groups in total. The second-order valence-corrected chi connectivity index (χ2v) is 5.83. The Hall–Kier alpha value is 0.130. The molecule has 0 aliphatic heterocycles. The third-order valence-corrected chi connectivity index (χ3v) is 5.06. The molecule has 0 bridgehead atoms. The average molecular weight is 414 g/mol. The number of alkyl halides is 2. The minimum Gasteiger partial charge on any atom is -0.345 e. The number of benzene rings is 1. The molecule has 2 nitrogen and oxygen atoms in total. The zero-order valence-corrected chi connectivity index (χ0v) is 13.5. The van der Waals surface area contributed by atoms with Crippen molar-refractivity contribution in [1.82, 2.24) is 5.32 Å². The molecule has 0 spiro atoms. The Bertz CT molecular complexity index is 377. The lowest BCUT2D eigenvalue weighted by atomic mass is 10.1. The van der Waals surface area contributed by atoms with Crippen LogP contribution in [0.2, 0.25) is 0 Å². The first-order chi connectivity index (χ1) is 7.50. The van der Waals surface area contributed by atoms with Gasteiger partial charge in [-0.15, -0.1) is 0 Å². The van der Waals surface area contributed by atoms with Gasteiger partial charge in [0.25, 0.3) is 5.91 Å². The Balaban J connectivity index is 2.80. The number of carbonyl (C=O) groups is 1. The number of rotatable bonds is 4. The van der Waals surface area contributed by atoms with Crippen molar-refractivity contribution in [2.24, 2.45) is 0 Å². The number of nitrogens with one attached hydrogen (secondary N) is 1. The smallest absolute Gasteiger partial charge is 0.251 e. The predicted molar refractivity (Wildman–Crippen MR) is 77.6 cm³/mol. The highest BCUT2D eigenvalue weighted by Crippen LogP contribution is 2.15. The molecule has 1 aromatic rings. The largest absolute Gasteiger partial charge is 0.345 e. The van der Waals surface area contributed by atoms with E-state index in [1.807, 2.05) is 19.1 Å². The van der Waals surface area contributed by atoms with Gasteiger partial charge in [0.2, 0.25) is 0 Å². The highest BCUT2D eigenvalue weighted by atomic mass is 79.9. The van der Waals surface area contributed by atoms with Gasteiger partial charge in [-0.25, -0.2) is 0 Å². The van der Waals surface area contributed by atoms with E-state index in [-0.39, 0.29) is 11.4 Å². The Morgan fingerprint density at radius 2 is 2.00 bits per heavy atom. The molecule has 88 valence electrons. The predicted octanol–water partition coefficient (Wildman–Crippen LogP) is 3.73. The molecule has 1 rings (SSSR count). The monoisotopic (exact) mass is 411 g/mol. The third kappa shape index (κ3) is 3.86. The zero-order chi connectivity index (χ0) is 12.2. The second-order valence-electron chi connectivity index (χ2n) is 3.79. The first-order valence-electron chi connectivity index (χ1n) is 4.71. The zero-order valence-electron chi connectivity index (χ0n) is 8.77. The SMILES string of the molecule is CC(CBr)(CBr)NC(=O)c1cccc(Br)c1. The van der Waals surface area contributed by atoms with Gasteiger partial charge in [0.1, 0.15) is 0 Å². The van der Waals surface area contributed by atoms with E-state index in [2.05, 4.69) is 53.1 Å². The Morgan fingerprint density at radius 1 is 1.38 bits per heavy atom. The van der Waals surface area contributed by atoms with Crippen molar-refractivity contribution in [2.45, 2.75) is 12.5 Å². The normalized spacial score (nSPS) is 11.2. The summed E-state index contributed by atoms with van der Waals surface area (Å²) in [4.78, 5) is 12.0. The van der Waals surface area contributed by atoms with Crippen molar-refractivity contribution in [3.05, 3.63) is 34.3 Å². The molecule has 0 radical (unpaired) electrons. The van der Waals surface area contributed by atoms with Crippen LogP contribution in [0.3, 0.4) is 0 Å². The fourth-order valence-electron chi connectivity index (χ4n) is 1.08. The maximum Gasteiger partial charge on any atom is 0.251 e. The third-order valence-electron chi connectivity index (χ3n) is 2.09. The van der Waals surface area contributed by atoms with Gasteiger partial charge in [-0.1, -0.05) is 53.9 Å². The van der Waals surface area contributed by atoms with Crippen molar-refractivity contribution < 1.29 is 4.79 Å². The van der Waals surface area contributed by atoms with Crippen LogP contribution in [0.4, 0.5) is 0 Å². The Kier molecular flexibility index (Phi) is 5.47. The van der Waals surface area contributed by atoms with Crippen LogP contribution in [0.25, 0.3) is 0 Å². The van der Waals surface area contributed by atoms with Gasteiger partial charge in [-0.3, -0.25) is 4.79 Å². The molecule has 0 saturated heterocycles. The van der Waals surface area contributed by atoms with Gasteiger partial charge in [0.15, 0.2) is 0 Å². The lowest BCUT2D eigenvalue weighted by molar-refractivity contribution is 0.0923. The minimum atomic E-state index is -0.278. The molecule has 1 aromatic carbocycles. The van der Waals surface area contributed by atoms with E-state index in [0.29, 0.717) is 16.2 Å². The number of carbonyl (C=O) groups excluding carboxylic acids is 1. The van der Waals surface area contributed by atoms with E-state index < -0.39 is 0 Å². The second kappa shape index (κ2) is 6.17. The van der Waals surface area contributed by atoms with Crippen LogP contribution in [0, 0.1) is 0 Å². The van der Waals surface area contributed by atoms with Crippen LogP contribution in [0.1, 0.15) is 17.3 Å². The first kappa shape index (κ1) is 14.2. The van der Waals surface area contributed by atoms with Crippen molar-refractivity contribution in [3.63, 3.8) is 0 Å². The molecular formula is C11H12Br3NO. The van der Waals surface area contributed by atoms with Crippen molar-refractivity contribution >= 4 is 53.7 Å². The molecular weight excluding hydrogens is 402 g/mol. The van der Waals surface area contributed by atoms with Gasteiger partial charge in [0.05, 0.1) is 5.54 Å². The molecule has 16 heavy (non-hydrogen) atoms. The summed E-state index contributed by atoms with van der Waals surface area (Å²) in [5.41, 5.74) is 0.377. The van der Waals surface area contributed by atoms with Crippen molar-refractivity contribution in [2.75, 3.05) is 10.7 Å². The summed E-state index contributed by atoms with van der Waals surface area (Å²) in [6.07, 6.45) is 0. The summed E-state index contributed by atoms with van der Waals surface area (Å²) in [7, 11) is 0. The molecule has 0 unspecified atom stereocenters. The highest BCUT2D eigenvalue weighted by molar-refractivity contribution is 9.10. The number of amides is 1. The Labute approximate surface area is 121 Å². The van der Waals surface area contributed by atoms with E-state index >= 15 is 0 Å². The van der Waals surface area contributed by atoms with Crippen molar-refractivity contribution in [3.8, 4) is 0 Å². The van der Waals surface area contributed by atoms with Gasteiger partial charge in [-0.2, -0.15) is 0 Å². The van der Waals surface area contributed by atoms with Gasteiger partial charge in [-0.05, 0) is 25.1 Å². The van der Waals surface area contributed by atoms with E-state index in [1.165, 1.54) is 0 Å². The van der Waals surface area contributed by atoms with Crippen LogP contribution >= 0.6 is 47.8 Å². The summed E-state index contributed by atoms with van der Waals surface area (Å²) >= 11 is 10.1. The minimum absolute atomic E-state index is 0.0669. The maximum atomic E-state index is 12.0. The average Bonchev–Trinajstić information content (AvgIpc) is 2.29. The van der Waals surface area contributed by atoms with E-state index in [0.717, 1.165) is 4.47 Å². The first-order valence-corrected chi connectivity index (χ1v) is 7.74. The lowest BCUT2D eigenvalue weighted by Gasteiger charge is -2.26. The van der Waals surface area contributed by atoms with Crippen molar-refractivity contribution in [1.29, 1.82) is 0 Å². The molecule has 0 atom stereocenters. The summed E-state index contributed by atoms with van der Waals surface area (Å²) in [5.74, 6) is -0.0669. The highest BCUT2D eigenvalue weighted by Gasteiger charge is 2.24. The molecule has 0 fully saturated rings. The van der Waals surface area contributed by atoms with Crippen LogP contribution < -0.4 is 5.32 Å². The molecule has 0 heterocycles. The van der Waals surface area contributed by atoms with Crippen LogP contribution in [0.5, 0.6) is 0 Å². The summed E-state index contributed by atoms with van der Waals surface area (Å²) in [6, 6.07) is 7.34. The number of hydrogen-bond acceptors (Lipinski definition) is 1. The quantitative estimate of drug-likeness (QED) is 0.749. The summed E-state index contributed by atoms with van der Waals surface area (Å²) in [6.45, 7) is 1.98. The molecule has 1 amide bonds. The fourth-order valence-corrected chi connectivity index (χ4v) is 2.69. The van der Waals surface area contributed by atoms with E-state index in [4.69, 9.17) is 0 Å². The molecule has 0 aromatic heterocycles. The van der Waals surface area contributed by atoms with Crippen LogP contribution in [0.15, 0.2) is 28.7 Å². The number of halogens is 3. The Morgan fingerprint density at radius 3 is 2.50 bits per heavy atom. The van der Waals surface area contributed by atoms with Crippen LogP contribution in [-0.2, 0) is 0 Å².